The highest BCUT2D eigenvalue weighted by Gasteiger charge is 2.62. The molecule has 1 unspecified atom stereocenters. The molecule has 1 aliphatic carbocycles. The number of benzene rings is 1. The number of nitriles is 1. The molecule has 1 aromatic carbocycles. The summed E-state index contributed by atoms with van der Waals surface area (Å²) in [7, 11) is 0. The second kappa shape index (κ2) is 7.49. The summed E-state index contributed by atoms with van der Waals surface area (Å²) in [5.74, 6) is -0.670. The van der Waals surface area contributed by atoms with E-state index >= 15 is 4.39 Å². The maximum absolute atomic E-state index is 15.7. The number of rotatable bonds is 3. The largest absolute Gasteiger partial charge is 0.481 e. The highest BCUT2D eigenvalue weighted by Crippen LogP contribution is 2.63. The van der Waals surface area contributed by atoms with E-state index in [0.717, 1.165) is 29.8 Å². The van der Waals surface area contributed by atoms with Gasteiger partial charge in [-0.3, -0.25) is 9.89 Å². The van der Waals surface area contributed by atoms with Crippen molar-refractivity contribution in [2.24, 2.45) is 17.1 Å². The van der Waals surface area contributed by atoms with Gasteiger partial charge in [0.1, 0.15) is 17.5 Å². The van der Waals surface area contributed by atoms with Crippen LogP contribution in [0.25, 0.3) is 0 Å². The van der Waals surface area contributed by atoms with Crippen LogP contribution in [0.2, 0.25) is 0 Å². The van der Waals surface area contributed by atoms with Crippen molar-refractivity contribution in [2.75, 3.05) is 18.0 Å². The van der Waals surface area contributed by atoms with Gasteiger partial charge in [-0.1, -0.05) is 13.8 Å². The third-order valence-electron chi connectivity index (χ3n) is 7.89. The zero-order valence-electron chi connectivity index (χ0n) is 19.5. The summed E-state index contributed by atoms with van der Waals surface area (Å²) in [4.78, 5) is 13.2. The normalized spacial score (nSPS) is 23.4. The number of piperidine rings is 1. The van der Waals surface area contributed by atoms with Crippen LogP contribution in [0.4, 0.5) is 10.1 Å². The number of allylic oxidation sites excluding steroid dienone is 1. The van der Waals surface area contributed by atoms with E-state index < -0.39 is 16.8 Å². The fourth-order valence-electron chi connectivity index (χ4n) is 6.37. The van der Waals surface area contributed by atoms with Crippen LogP contribution in [0, 0.1) is 35.4 Å². The van der Waals surface area contributed by atoms with Crippen LogP contribution in [0.15, 0.2) is 23.6 Å². The first-order chi connectivity index (χ1) is 16.1. The Labute approximate surface area is 197 Å². The Morgan fingerprint density at radius 3 is 2.76 bits per heavy atom. The third kappa shape index (κ3) is 2.94. The molecule has 0 bridgehead atoms. The molecule has 2 aliphatic heterocycles. The van der Waals surface area contributed by atoms with E-state index in [-0.39, 0.29) is 29.6 Å². The van der Waals surface area contributed by atoms with Gasteiger partial charge in [-0.15, -0.1) is 5.10 Å². The Morgan fingerprint density at radius 2 is 2.12 bits per heavy atom. The lowest BCUT2D eigenvalue weighted by Gasteiger charge is -2.44. The molecule has 9 heteroatoms. The predicted octanol–water partition coefficient (Wildman–Crippen LogP) is 3.50. The van der Waals surface area contributed by atoms with Crippen molar-refractivity contribution in [2.45, 2.75) is 51.9 Å². The molecule has 1 saturated heterocycles. The molecule has 5 rings (SSSR count). The first-order valence-corrected chi connectivity index (χ1v) is 11.5. The molecule has 0 saturated carbocycles. The third-order valence-corrected chi connectivity index (χ3v) is 7.89. The molecule has 3 aliphatic rings. The Bertz CT molecular complexity index is 1270. The molecule has 4 N–H and O–H groups in total. The van der Waals surface area contributed by atoms with Gasteiger partial charge in [-0.25, -0.2) is 4.39 Å². The SMILES string of the molecule is Cc1[nH]nc2c1C1(C(C#N)=C(N)O2)c2cc(N3CCC(CC(=O)O)CC3)cc(F)c2CC1(C)C. The van der Waals surface area contributed by atoms with Crippen molar-refractivity contribution in [3.8, 4) is 11.9 Å². The lowest BCUT2D eigenvalue weighted by atomic mass is 9.57. The van der Waals surface area contributed by atoms with E-state index in [1.807, 2.05) is 26.8 Å². The molecule has 2 aromatic rings. The van der Waals surface area contributed by atoms with Crippen molar-refractivity contribution in [3.05, 3.63) is 51.8 Å². The van der Waals surface area contributed by atoms with Crippen LogP contribution in [0.1, 0.15) is 55.5 Å². The summed E-state index contributed by atoms with van der Waals surface area (Å²) in [5.41, 5.74) is 8.42. The second-order valence-electron chi connectivity index (χ2n) is 10.3. The number of carboxylic acids is 1. The van der Waals surface area contributed by atoms with Gasteiger partial charge in [0, 0.05) is 30.9 Å². The standard InChI is InChI=1S/C25H28FN5O3/c1-13-21-23(30-29-13)34-22(28)18(12-27)25(21)17-9-15(10-19(26)16(17)11-24(25,2)3)31-6-4-14(5-7-31)8-20(32)33/h9-10,14H,4-8,11,28H2,1-3H3,(H,29,30)(H,32,33). The first kappa shape index (κ1) is 22.3. The summed E-state index contributed by atoms with van der Waals surface area (Å²) in [6, 6.07) is 5.83. The number of nitrogens with zero attached hydrogens (tertiary/aromatic N) is 3. The number of anilines is 1. The van der Waals surface area contributed by atoms with Crippen LogP contribution in [0.3, 0.4) is 0 Å². The van der Waals surface area contributed by atoms with E-state index in [9.17, 15) is 10.1 Å². The average Bonchev–Trinajstić information content (AvgIpc) is 3.24. The number of hydrogen-bond acceptors (Lipinski definition) is 6. The van der Waals surface area contributed by atoms with Crippen molar-refractivity contribution in [1.29, 1.82) is 5.26 Å². The molecule has 34 heavy (non-hydrogen) atoms. The van der Waals surface area contributed by atoms with Crippen molar-refractivity contribution in [3.63, 3.8) is 0 Å². The lowest BCUT2D eigenvalue weighted by molar-refractivity contribution is -0.138. The number of halogens is 1. The van der Waals surface area contributed by atoms with Gasteiger partial charge >= 0.3 is 5.97 Å². The molecule has 1 aromatic heterocycles. The van der Waals surface area contributed by atoms with E-state index in [1.165, 1.54) is 0 Å². The fraction of sp³-hybridized carbons (Fsp3) is 0.480. The van der Waals surface area contributed by atoms with Crippen LogP contribution in [-0.2, 0) is 16.6 Å². The van der Waals surface area contributed by atoms with E-state index in [0.29, 0.717) is 36.5 Å². The summed E-state index contributed by atoms with van der Waals surface area (Å²) in [5, 5.41) is 26.6. The number of aryl methyl sites for hydroxylation is 1. The number of ether oxygens (including phenoxy) is 1. The zero-order chi connectivity index (χ0) is 24.4. The number of carbonyl (C=O) groups is 1. The number of aromatic nitrogens is 2. The van der Waals surface area contributed by atoms with Gasteiger partial charge in [-0.2, -0.15) is 5.26 Å². The number of carboxylic acid groups (broad SMARTS) is 1. The molecular formula is C25H28FN5O3. The number of fused-ring (bicyclic) bond motifs is 4. The second-order valence-corrected chi connectivity index (χ2v) is 10.3. The Balaban J connectivity index is 1.67. The first-order valence-electron chi connectivity index (χ1n) is 11.5. The molecule has 3 heterocycles. The number of nitrogens with two attached hydrogens (primary N) is 1. The van der Waals surface area contributed by atoms with Gasteiger partial charge < -0.3 is 20.5 Å². The fourth-order valence-corrected chi connectivity index (χ4v) is 6.37. The van der Waals surface area contributed by atoms with Crippen LogP contribution >= 0.6 is 0 Å². The summed E-state index contributed by atoms with van der Waals surface area (Å²) < 4.78 is 21.4. The minimum absolute atomic E-state index is 0.0114. The average molecular weight is 466 g/mol. The van der Waals surface area contributed by atoms with E-state index in [4.69, 9.17) is 15.6 Å². The van der Waals surface area contributed by atoms with Gasteiger partial charge in [0.25, 0.3) is 0 Å². The van der Waals surface area contributed by atoms with E-state index in [2.05, 4.69) is 21.2 Å². The quantitative estimate of drug-likeness (QED) is 0.633. The van der Waals surface area contributed by atoms with Crippen molar-refractivity contribution >= 4 is 11.7 Å². The smallest absolute Gasteiger partial charge is 0.303 e. The molecule has 0 radical (unpaired) electrons. The summed E-state index contributed by atoms with van der Waals surface area (Å²) in [6.07, 6.45) is 2.05. The minimum Gasteiger partial charge on any atom is -0.481 e. The summed E-state index contributed by atoms with van der Waals surface area (Å²) in [6.45, 7) is 7.21. The molecule has 8 nitrogen and oxygen atoms in total. The molecule has 1 atom stereocenters. The van der Waals surface area contributed by atoms with Gasteiger partial charge in [-0.05, 0) is 60.8 Å². The van der Waals surface area contributed by atoms with Crippen LogP contribution < -0.4 is 15.4 Å². The predicted molar refractivity (Wildman–Crippen MR) is 123 cm³/mol. The topological polar surface area (TPSA) is 128 Å². The Kier molecular flexibility index (Phi) is 4.90. The van der Waals surface area contributed by atoms with Gasteiger partial charge in [0.15, 0.2) is 0 Å². The van der Waals surface area contributed by atoms with Crippen LogP contribution in [-0.4, -0.2) is 34.4 Å². The van der Waals surface area contributed by atoms with Gasteiger partial charge in [0.2, 0.25) is 11.8 Å². The maximum atomic E-state index is 15.7. The molecule has 1 spiro atoms. The minimum atomic E-state index is -1.01. The Hall–Kier alpha value is -3.54. The monoisotopic (exact) mass is 465 g/mol. The number of aliphatic carboxylic acids is 1. The maximum Gasteiger partial charge on any atom is 0.303 e. The number of aromatic amines is 1. The number of nitrogens with one attached hydrogen (secondary N) is 1. The van der Waals surface area contributed by atoms with Gasteiger partial charge in [0.05, 0.1) is 11.0 Å². The molecular weight excluding hydrogens is 437 g/mol. The zero-order valence-corrected chi connectivity index (χ0v) is 19.5. The number of H-pyrrole nitrogens is 1. The highest BCUT2D eigenvalue weighted by atomic mass is 19.1. The molecule has 0 amide bonds. The molecule has 178 valence electrons. The van der Waals surface area contributed by atoms with Crippen LogP contribution in [0.5, 0.6) is 5.88 Å². The summed E-state index contributed by atoms with van der Waals surface area (Å²) >= 11 is 0. The van der Waals surface area contributed by atoms with Crippen molar-refractivity contribution in [1.82, 2.24) is 10.2 Å². The Morgan fingerprint density at radius 1 is 1.41 bits per heavy atom. The molecule has 1 fully saturated rings. The van der Waals surface area contributed by atoms with E-state index in [1.54, 1.807) is 6.07 Å². The highest BCUT2D eigenvalue weighted by molar-refractivity contribution is 5.70. The lowest BCUT2D eigenvalue weighted by Crippen LogP contribution is -2.45. The number of hydrogen-bond donors (Lipinski definition) is 3. The van der Waals surface area contributed by atoms with Crippen molar-refractivity contribution < 1.29 is 19.0 Å².